The van der Waals surface area contributed by atoms with E-state index in [1.165, 1.54) is 63.1 Å². The summed E-state index contributed by atoms with van der Waals surface area (Å²) in [6, 6.07) is 7.24. The molecule has 2 aliphatic heterocycles. The molecule has 2 saturated heterocycles. The lowest BCUT2D eigenvalue weighted by molar-refractivity contribution is 0.145. The third kappa shape index (κ3) is 5.20. The van der Waals surface area contributed by atoms with Gasteiger partial charge in [0, 0.05) is 50.6 Å². The Labute approximate surface area is 183 Å². The predicted octanol–water partition coefficient (Wildman–Crippen LogP) is 4.78. The summed E-state index contributed by atoms with van der Waals surface area (Å²) in [6.07, 6.45) is 10.4. The Bertz CT molecular complexity index is 715. The minimum Gasteiger partial charge on any atom is -0.393 e. The summed E-state index contributed by atoms with van der Waals surface area (Å²) in [5.41, 5.74) is 5.94. The molecule has 1 aromatic rings. The Balaban J connectivity index is 1.53. The van der Waals surface area contributed by atoms with Gasteiger partial charge in [0.05, 0.1) is 6.10 Å². The van der Waals surface area contributed by atoms with Crippen LogP contribution in [0.1, 0.15) is 70.3 Å². The number of anilines is 2. The molecule has 4 nitrogen and oxygen atoms in total. The minimum absolute atomic E-state index is 0.115. The first-order chi connectivity index (χ1) is 14.6. The van der Waals surface area contributed by atoms with Crippen LogP contribution in [0.5, 0.6) is 0 Å². The van der Waals surface area contributed by atoms with Gasteiger partial charge >= 0.3 is 0 Å². The molecule has 0 bridgehead atoms. The van der Waals surface area contributed by atoms with Crippen LogP contribution in [0.2, 0.25) is 0 Å². The lowest BCUT2D eigenvalue weighted by Crippen LogP contribution is -2.47. The molecule has 0 saturated carbocycles. The maximum Gasteiger partial charge on any atom is 0.0574 e. The molecular formula is C26H41N3O. The Morgan fingerprint density at radius 2 is 1.73 bits per heavy atom. The van der Waals surface area contributed by atoms with Crippen LogP contribution < -0.4 is 9.80 Å². The fraction of sp³-hybridized carbons (Fsp3) is 0.692. The number of piperidine rings is 1. The number of piperazine rings is 1. The van der Waals surface area contributed by atoms with Crippen LogP contribution in [0.15, 0.2) is 29.8 Å². The molecule has 3 aliphatic rings. The van der Waals surface area contributed by atoms with Crippen molar-refractivity contribution in [2.45, 2.75) is 70.8 Å². The van der Waals surface area contributed by atoms with Crippen LogP contribution in [0, 0.1) is 0 Å². The molecule has 4 rings (SSSR count). The van der Waals surface area contributed by atoms with Gasteiger partial charge in [0.15, 0.2) is 0 Å². The Morgan fingerprint density at radius 3 is 2.40 bits per heavy atom. The van der Waals surface area contributed by atoms with Gasteiger partial charge in [-0.05, 0) is 81.7 Å². The summed E-state index contributed by atoms with van der Waals surface area (Å²) in [7, 11) is 0. The van der Waals surface area contributed by atoms with Crippen molar-refractivity contribution in [2.24, 2.45) is 0 Å². The molecule has 1 aromatic carbocycles. The third-order valence-corrected chi connectivity index (χ3v) is 7.46. The standard InChI is InChI=1S/C26H41N3O/c1-3-4-13-27-16-18-29(19-17-27)26-10-9-23(28-14-11-24(30)12-15-28)20-25(26)22-7-5-21(2)6-8-22/h5,9-10,20,22,24,30H,3-4,6-8,11-19H2,1-2H3. The van der Waals surface area contributed by atoms with E-state index >= 15 is 0 Å². The Kier molecular flexibility index (Phi) is 7.37. The van der Waals surface area contributed by atoms with Gasteiger partial charge in [-0.3, -0.25) is 4.90 Å². The second kappa shape index (κ2) is 10.2. The average Bonchev–Trinajstić information content (AvgIpc) is 2.79. The van der Waals surface area contributed by atoms with Gasteiger partial charge in [0.1, 0.15) is 0 Å². The van der Waals surface area contributed by atoms with Crippen LogP contribution in [0.25, 0.3) is 0 Å². The highest BCUT2D eigenvalue weighted by molar-refractivity contribution is 5.64. The van der Waals surface area contributed by atoms with Gasteiger partial charge < -0.3 is 14.9 Å². The van der Waals surface area contributed by atoms with Gasteiger partial charge in [0.25, 0.3) is 0 Å². The second-order valence-electron chi connectivity index (χ2n) is 9.67. The van der Waals surface area contributed by atoms with Crippen molar-refractivity contribution in [1.82, 2.24) is 4.90 Å². The number of benzene rings is 1. The van der Waals surface area contributed by atoms with E-state index in [0.717, 1.165) is 39.0 Å². The van der Waals surface area contributed by atoms with Crippen molar-refractivity contribution in [1.29, 1.82) is 0 Å². The zero-order chi connectivity index (χ0) is 20.9. The average molecular weight is 412 g/mol. The number of rotatable bonds is 6. The first kappa shape index (κ1) is 21.7. The molecule has 1 atom stereocenters. The largest absolute Gasteiger partial charge is 0.393 e. The molecule has 166 valence electrons. The third-order valence-electron chi connectivity index (χ3n) is 7.46. The molecule has 0 amide bonds. The number of nitrogens with zero attached hydrogens (tertiary/aromatic N) is 3. The molecule has 30 heavy (non-hydrogen) atoms. The SMILES string of the molecule is CCCCN1CCN(c2ccc(N3CCC(O)CC3)cc2C2CC=C(C)CC2)CC1. The van der Waals surface area contributed by atoms with Gasteiger partial charge in [-0.15, -0.1) is 0 Å². The van der Waals surface area contributed by atoms with Crippen LogP contribution in [-0.2, 0) is 0 Å². The number of hydrogen-bond acceptors (Lipinski definition) is 4. The number of aliphatic hydroxyl groups is 1. The van der Waals surface area contributed by atoms with Crippen molar-refractivity contribution in [3.8, 4) is 0 Å². The van der Waals surface area contributed by atoms with Crippen molar-refractivity contribution in [2.75, 3.05) is 55.6 Å². The highest BCUT2D eigenvalue weighted by atomic mass is 16.3. The summed E-state index contributed by atoms with van der Waals surface area (Å²) >= 11 is 0. The lowest BCUT2D eigenvalue weighted by Gasteiger charge is -2.39. The van der Waals surface area contributed by atoms with Crippen molar-refractivity contribution in [3.63, 3.8) is 0 Å². The Morgan fingerprint density at radius 1 is 0.967 bits per heavy atom. The fourth-order valence-electron chi connectivity index (χ4n) is 5.32. The van der Waals surface area contributed by atoms with Gasteiger partial charge in [-0.2, -0.15) is 0 Å². The van der Waals surface area contributed by atoms with Gasteiger partial charge in [0.2, 0.25) is 0 Å². The minimum atomic E-state index is -0.115. The van der Waals surface area contributed by atoms with E-state index in [9.17, 15) is 5.11 Å². The van der Waals surface area contributed by atoms with Crippen molar-refractivity contribution >= 4 is 11.4 Å². The number of aliphatic hydroxyl groups excluding tert-OH is 1. The summed E-state index contributed by atoms with van der Waals surface area (Å²) in [5.74, 6) is 0.636. The smallest absolute Gasteiger partial charge is 0.0574 e. The first-order valence-corrected chi connectivity index (χ1v) is 12.3. The second-order valence-corrected chi connectivity index (χ2v) is 9.67. The Hall–Kier alpha value is -1.52. The van der Waals surface area contributed by atoms with E-state index in [0.29, 0.717) is 5.92 Å². The van der Waals surface area contributed by atoms with Crippen LogP contribution in [-0.4, -0.2) is 61.9 Å². The van der Waals surface area contributed by atoms with Crippen LogP contribution in [0.4, 0.5) is 11.4 Å². The van der Waals surface area contributed by atoms with Gasteiger partial charge in [-0.25, -0.2) is 0 Å². The summed E-state index contributed by atoms with van der Waals surface area (Å²) in [5, 5.41) is 9.90. The summed E-state index contributed by atoms with van der Waals surface area (Å²) in [4.78, 5) is 7.76. The number of hydrogen-bond donors (Lipinski definition) is 1. The van der Waals surface area contributed by atoms with E-state index in [-0.39, 0.29) is 6.10 Å². The maximum atomic E-state index is 9.90. The fourth-order valence-corrected chi connectivity index (χ4v) is 5.32. The highest BCUT2D eigenvalue weighted by Gasteiger charge is 2.25. The molecule has 2 fully saturated rings. The van der Waals surface area contributed by atoms with Gasteiger partial charge in [-0.1, -0.05) is 25.0 Å². The summed E-state index contributed by atoms with van der Waals surface area (Å²) < 4.78 is 0. The predicted molar refractivity (Wildman–Crippen MR) is 128 cm³/mol. The number of unbranched alkanes of at least 4 members (excludes halogenated alkanes) is 1. The van der Waals surface area contributed by atoms with Crippen molar-refractivity contribution in [3.05, 3.63) is 35.4 Å². The molecule has 1 unspecified atom stereocenters. The van der Waals surface area contributed by atoms with E-state index in [2.05, 4.69) is 52.8 Å². The molecule has 0 radical (unpaired) electrons. The molecule has 1 N–H and O–H groups in total. The topological polar surface area (TPSA) is 30.0 Å². The van der Waals surface area contributed by atoms with E-state index in [1.807, 2.05) is 0 Å². The number of allylic oxidation sites excluding steroid dienone is 2. The zero-order valence-electron chi connectivity index (χ0n) is 19.2. The lowest BCUT2D eigenvalue weighted by atomic mass is 9.83. The first-order valence-electron chi connectivity index (χ1n) is 12.3. The maximum absolute atomic E-state index is 9.90. The van der Waals surface area contributed by atoms with Crippen LogP contribution >= 0.6 is 0 Å². The molecule has 0 aromatic heterocycles. The normalized spacial score (nSPS) is 24.2. The monoisotopic (exact) mass is 411 g/mol. The quantitative estimate of drug-likeness (QED) is 0.682. The molecule has 2 heterocycles. The molecule has 1 aliphatic carbocycles. The summed E-state index contributed by atoms with van der Waals surface area (Å²) in [6.45, 7) is 12.4. The van der Waals surface area contributed by atoms with E-state index in [4.69, 9.17) is 0 Å². The zero-order valence-corrected chi connectivity index (χ0v) is 19.2. The molecule has 0 spiro atoms. The highest BCUT2D eigenvalue weighted by Crippen LogP contribution is 2.40. The van der Waals surface area contributed by atoms with E-state index in [1.54, 1.807) is 11.1 Å². The van der Waals surface area contributed by atoms with Crippen molar-refractivity contribution < 1.29 is 5.11 Å². The molecule has 4 heteroatoms. The molecular weight excluding hydrogens is 370 g/mol. The van der Waals surface area contributed by atoms with Crippen LogP contribution in [0.3, 0.4) is 0 Å². The van der Waals surface area contributed by atoms with E-state index < -0.39 is 0 Å².